The molecule has 1 fully saturated rings. The Bertz CT molecular complexity index is 585. The van der Waals surface area contributed by atoms with Crippen molar-refractivity contribution >= 4 is 0 Å². The number of nitrogens with two attached hydrogens (primary N) is 1. The van der Waals surface area contributed by atoms with E-state index in [4.69, 9.17) is 10.5 Å². The number of pyridine rings is 1. The lowest BCUT2D eigenvalue weighted by molar-refractivity contribution is 0.238. The summed E-state index contributed by atoms with van der Waals surface area (Å²) in [5, 5.41) is 0. The molecule has 1 atom stereocenters. The molecule has 0 radical (unpaired) electrons. The van der Waals surface area contributed by atoms with E-state index in [2.05, 4.69) is 28.1 Å². The number of likely N-dealkylation sites (tertiary alicyclic amines) is 1. The van der Waals surface area contributed by atoms with Crippen molar-refractivity contribution in [1.82, 2.24) is 9.88 Å². The Morgan fingerprint density at radius 2 is 2.04 bits per heavy atom. The Hall–Kier alpha value is -1.91. The summed E-state index contributed by atoms with van der Waals surface area (Å²) in [6.45, 7) is 4.70. The van der Waals surface area contributed by atoms with Crippen LogP contribution in [-0.2, 0) is 13.0 Å². The maximum absolute atomic E-state index is 5.95. The fourth-order valence-electron chi connectivity index (χ4n) is 3.08. The van der Waals surface area contributed by atoms with Crippen LogP contribution in [0.15, 0.2) is 48.8 Å². The molecule has 4 nitrogen and oxygen atoms in total. The normalized spacial score (nSPS) is 18.2. The quantitative estimate of drug-likeness (QED) is 0.853. The smallest absolute Gasteiger partial charge is 0.119 e. The number of rotatable bonds is 7. The average Bonchev–Trinajstić information content (AvgIpc) is 3.03. The number of hydrogen-bond donors (Lipinski definition) is 1. The van der Waals surface area contributed by atoms with E-state index >= 15 is 0 Å². The molecule has 1 unspecified atom stereocenters. The Morgan fingerprint density at radius 1 is 1.17 bits per heavy atom. The molecule has 1 aliphatic heterocycles. The number of nitrogens with zero attached hydrogens (tertiary/aromatic N) is 2. The zero-order chi connectivity index (χ0) is 15.9. The van der Waals surface area contributed by atoms with Crippen molar-refractivity contribution in [3.8, 4) is 5.75 Å². The molecule has 0 saturated carbocycles. The van der Waals surface area contributed by atoms with Gasteiger partial charge in [-0.05, 0) is 55.3 Å². The van der Waals surface area contributed by atoms with Gasteiger partial charge in [-0.1, -0.05) is 18.2 Å². The van der Waals surface area contributed by atoms with E-state index in [1.165, 1.54) is 17.5 Å². The Labute approximate surface area is 138 Å². The molecule has 1 aliphatic rings. The summed E-state index contributed by atoms with van der Waals surface area (Å²) in [4.78, 5) is 6.66. The lowest BCUT2D eigenvalue weighted by Gasteiger charge is -2.16. The zero-order valence-electron chi connectivity index (χ0n) is 13.5. The second-order valence-corrected chi connectivity index (χ2v) is 6.24. The topological polar surface area (TPSA) is 51.4 Å². The number of hydrogen-bond acceptors (Lipinski definition) is 4. The van der Waals surface area contributed by atoms with Crippen LogP contribution < -0.4 is 10.5 Å². The van der Waals surface area contributed by atoms with Crippen LogP contribution in [0.25, 0.3) is 0 Å². The van der Waals surface area contributed by atoms with E-state index in [9.17, 15) is 0 Å². The van der Waals surface area contributed by atoms with Crippen LogP contribution in [0.3, 0.4) is 0 Å². The van der Waals surface area contributed by atoms with Gasteiger partial charge in [-0.2, -0.15) is 0 Å². The summed E-state index contributed by atoms with van der Waals surface area (Å²) in [6, 6.07) is 12.4. The summed E-state index contributed by atoms with van der Waals surface area (Å²) in [5.74, 6) is 1.56. The van der Waals surface area contributed by atoms with Crippen LogP contribution in [0.2, 0.25) is 0 Å². The van der Waals surface area contributed by atoms with Crippen molar-refractivity contribution < 1.29 is 4.74 Å². The third-order valence-corrected chi connectivity index (χ3v) is 4.34. The third kappa shape index (κ3) is 4.78. The molecule has 1 saturated heterocycles. The molecular weight excluding hydrogens is 286 g/mol. The van der Waals surface area contributed by atoms with Crippen LogP contribution in [-0.4, -0.2) is 36.1 Å². The molecule has 0 amide bonds. The highest BCUT2D eigenvalue weighted by Gasteiger charge is 2.23. The summed E-state index contributed by atoms with van der Waals surface area (Å²) in [5.41, 5.74) is 8.12. The number of benzene rings is 1. The maximum atomic E-state index is 5.95. The molecule has 3 rings (SSSR count). The second-order valence-electron chi connectivity index (χ2n) is 6.24. The maximum Gasteiger partial charge on any atom is 0.119 e. The van der Waals surface area contributed by atoms with Gasteiger partial charge in [0.15, 0.2) is 0 Å². The van der Waals surface area contributed by atoms with Crippen LogP contribution >= 0.6 is 0 Å². The summed E-state index contributed by atoms with van der Waals surface area (Å²) < 4.78 is 5.95. The minimum absolute atomic E-state index is 0.607. The first-order valence-corrected chi connectivity index (χ1v) is 8.36. The van der Waals surface area contributed by atoms with Gasteiger partial charge in [0.1, 0.15) is 5.75 Å². The number of ether oxygens (including phenoxy) is 1. The minimum atomic E-state index is 0.607. The largest absolute Gasteiger partial charge is 0.493 e. The molecule has 1 aromatic carbocycles. The van der Waals surface area contributed by atoms with Gasteiger partial charge in [0, 0.05) is 31.4 Å². The van der Waals surface area contributed by atoms with E-state index in [1.54, 1.807) is 0 Å². The average molecular weight is 311 g/mol. The SMILES string of the molecule is NCCc1ccc(OCC2CCN(Cc3cccnc3)C2)cc1. The van der Waals surface area contributed by atoms with Gasteiger partial charge in [-0.3, -0.25) is 9.88 Å². The standard InChI is InChI=1S/C19H25N3O/c20-9-7-16-3-5-19(6-4-16)23-15-18-8-11-22(14-18)13-17-2-1-10-21-12-17/h1-6,10,12,18H,7-9,11,13-15,20H2. The van der Waals surface area contributed by atoms with Gasteiger partial charge in [-0.15, -0.1) is 0 Å². The molecule has 0 spiro atoms. The van der Waals surface area contributed by atoms with Crippen molar-refractivity contribution in [1.29, 1.82) is 0 Å². The molecule has 23 heavy (non-hydrogen) atoms. The first-order valence-electron chi connectivity index (χ1n) is 8.36. The second kappa shape index (κ2) is 8.09. The van der Waals surface area contributed by atoms with Gasteiger partial charge >= 0.3 is 0 Å². The van der Waals surface area contributed by atoms with Crippen LogP contribution in [0.5, 0.6) is 5.75 Å². The van der Waals surface area contributed by atoms with Gasteiger partial charge in [-0.25, -0.2) is 0 Å². The molecule has 0 bridgehead atoms. The highest BCUT2D eigenvalue weighted by atomic mass is 16.5. The third-order valence-electron chi connectivity index (χ3n) is 4.34. The fraction of sp³-hybridized carbons (Fsp3) is 0.421. The Morgan fingerprint density at radius 3 is 2.78 bits per heavy atom. The van der Waals surface area contributed by atoms with E-state index in [0.717, 1.165) is 38.4 Å². The predicted octanol–water partition coefficient (Wildman–Crippen LogP) is 2.48. The van der Waals surface area contributed by atoms with Gasteiger partial charge in [0.05, 0.1) is 6.61 Å². The molecule has 4 heteroatoms. The van der Waals surface area contributed by atoms with E-state index in [-0.39, 0.29) is 0 Å². The Balaban J connectivity index is 1.43. The molecule has 2 heterocycles. The van der Waals surface area contributed by atoms with Gasteiger partial charge in [0.25, 0.3) is 0 Å². The molecule has 2 N–H and O–H groups in total. The fourth-order valence-corrected chi connectivity index (χ4v) is 3.08. The van der Waals surface area contributed by atoms with Crippen LogP contribution in [0.1, 0.15) is 17.5 Å². The first kappa shape index (κ1) is 16.0. The van der Waals surface area contributed by atoms with Crippen molar-refractivity contribution in [3.05, 3.63) is 59.9 Å². The van der Waals surface area contributed by atoms with Gasteiger partial charge < -0.3 is 10.5 Å². The Kier molecular flexibility index (Phi) is 5.61. The predicted molar refractivity (Wildman–Crippen MR) is 92.3 cm³/mol. The molecule has 2 aromatic rings. The summed E-state index contributed by atoms with van der Waals surface area (Å²) >= 11 is 0. The van der Waals surface area contributed by atoms with Crippen LogP contribution in [0.4, 0.5) is 0 Å². The molecular formula is C19H25N3O. The van der Waals surface area contributed by atoms with Crippen molar-refractivity contribution in [3.63, 3.8) is 0 Å². The van der Waals surface area contributed by atoms with Gasteiger partial charge in [0.2, 0.25) is 0 Å². The van der Waals surface area contributed by atoms with Crippen molar-refractivity contribution in [2.75, 3.05) is 26.2 Å². The highest BCUT2D eigenvalue weighted by molar-refractivity contribution is 5.27. The van der Waals surface area contributed by atoms with E-state index < -0.39 is 0 Å². The highest BCUT2D eigenvalue weighted by Crippen LogP contribution is 2.20. The van der Waals surface area contributed by atoms with Crippen LogP contribution in [0, 0.1) is 5.92 Å². The summed E-state index contributed by atoms with van der Waals surface area (Å²) in [7, 11) is 0. The van der Waals surface area contributed by atoms with Crippen molar-refractivity contribution in [2.45, 2.75) is 19.4 Å². The lowest BCUT2D eigenvalue weighted by atomic mass is 10.1. The zero-order valence-corrected chi connectivity index (χ0v) is 13.5. The van der Waals surface area contributed by atoms with Crippen molar-refractivity contribution in [2.24, 2.45) is 11.7 Å². The molecule has 0 aliphatic carbocycles. The number of aromatic nitrogens is 1. The van der Waals surface area contributed by atoms with E-state index in [0.29, 0.717) is 12.5 Å². The lowest BCUT2D eigenvalue weighted by Crippen LogP contribution is -2.22. The minimum Gasteiger partial charge on any atom is -0.493 e. The van der Waals surface area contributed by atoms with E-state index in [1.807, 2.05) is 30.6 Å². The summed E-state index contributed by atoms with van der Waals surface area (Å²) in [6.07, 6.45) is 5.90. The molecule has 1 aromatic heterocycles. The first-order chi connectivity index (χ1) is 11.3. The molecule has 122 valence electrons. The monoisotopic (exact) mass is 311 g/mol.